The summed E-state index contributed by atoms with van der Waals surface area (Å²) in [5, 5.41) is 11.9. The summed E-state index contributed by atoms with van der Waals surface area (Å²) in [6.07, 6.45) is -3.11. The van der Waals surface area contributed by atoms with Gasteiger partial charge in [0.05, 0.1) is 22.6 Å². The summed E-state index contributed by atoms with van der Waals surface area (Å²) in [6, 6.07) is 20.6. The SMILES string of the molecule is CN(C)CCNC(=O)c1ccc(-c2ccc(-c3ccc(C#N)nc3)n2-c2ccccc2C(F)(F)F)cc1.Cl. The van der Waals surface area contributed by atoms with E-state index in [2.05, 4.69) is 10.3 Å². The minimum atomic E-state index is -4.58. The molecule has 0 aliphatic rings. The maximum Gasteiger partial charge on any atom is 0.418 e. The van der Waals surface area contributed by atoms with E-state index < -0.39 is 11.7 Å². The molecule has 38 heavy (non-hydrogen) atoms. The number of alkyl halides is 3. The van der Waals surface area contributed by atoms with Gasteiger partial charge in [-0.15, -0.1) is 12.4 Å². The molecular formula is C28H25ClF3N5O. The lowest BCUT2D eigenvalue weighted by Gasteiger charge is -2.19. The molecule has 0 radical (unpaired) electrons. The van der Waals surface area contributed by atoms with Crippen molar-refractivity contribution in [2.45, 2.75) is 6.18 Å². The Morgan fingerprint density at radius 3 is 2.18 bits per heavy atom. The predicted molar refractivity (Wildman–Crippen MR) is 142 cm³/mol. The number of hydrogen-bond donors (Lipinski definition) is 1. The van der Waals surface area contributed by atoms with Crippen LogP contribution in [0, 0.1) is 11.3 Å². The summed E-state index contributed by atoms with van der Waals surface area (Å²) in [4.78, 5) is 18.5. The van der Waals surface area contributed by atoms with Crippen molar-refractivity contribution in [1.82, 2.24) is 19.8 Å². The van der Waals surface area contributed by atoms with Gasteiger partial charge in [-0.1, -0.05) is 24.3 Å². The molecular weight excluding hydrogens is 515 g/mol. The topological polar surface area (TPSA) is 74.0 Å². The van der Waals surface area contributed by atoms with E-state index in [9.17, 15) is 18.0 Å². The highest BCUT2D eigenvalue weighted by Crippen LogP contribution is 2.39. The van der Waals surface area contributed by atoms with Crippen LogP contribution in [0.25, 0.3) is 28.2 Å². The summed E-state index contributed by atoms with van der Waals surface area (Å²) in [5.74, 6) is -0.226. The third kappa shape index (κ3) is 6.22. The monoisotopic (exact) mass is 539 g/mol. The number of rotatable bonds is 7. The van der Waals surface area contributed by atoms with Crippen molar-refractivity contribution >= 4 is 18.3 Å². The Morgan fingerprint density at radius 2 is 1.61 bits per heavy atom. The number of carbonyl (C=O) groups is 1. The molecule has 0 saturated heterocycles. The molecule has 0 saturated carbocycles. The Balaban J connectivity index is 0.00000400. The van der Waals surface area contributed by atoms with Gasteiger partial charge in [0, 0.05) is 30.4 Å². The van der Waals surface area contributed by atoms with E-state index in [1.54, 1.807) is 48.5 Å². The van der Waals surface area contributed by atoms with Crippen molar-refractivity contribution in [2.75, 3.05) is 27.2 Å². The molecule has 196 valence electrons. The lowest BCUT2D eigenvalue weighted by molar-refractivity contribution is -0.137. The Morgan fingerprint density at radius 1 is 0.974 bits per heavy atom. The van der Waals surface area contributed by atoms with Gasteiger partial charge < -0.3 is 14.8 Å². The molecule has 4 rings (SSSR count). The van der Waals surface area contributed by atoms with E-state index in [1.807, 2.05) is 25.1 Å². The van der Waals surface area contributed by atoms with Gasteiger partial charge in [0.2, 0.25) is 0 Å². The van der Waals surface area contributed by atoms with Gasteiger partial charge in [-0.3, -0.25) is 4.79 Å². The highest BCUT2D eigenvalue weighted by Gasteiger charge is 2.34. The smallest absolute Gasteiger partial charge is 0.351 e. The van der Waals surface area contributed by atoms with Crippen LogP contribution in [0.5, 0.6) is 0 Å². The molecule has 1 amide bonds. The van der Waals surface area contributed by atoms with Gasteiger partial charge in [0.1, 0.15) is 11.8 Å². The second-order valence-corrected chi connectivity index (χ2v) is 8.63. The molecule has 0 fully saturated rings. The van der Waals surface area contributed by atoms with E-state index in [0.29, 0.717) is 41.2 Å². The lowest BCUT2D eigenvalue weighted by atomic mass is 10.1. The normalized spacial score (nSPS) is 11.1. The molecule has 0 aliphatic carbocycles. The van der Waals surface area contributed by atoms with Crippen LogP contribution >= 0.6 is 12.4 Å². The van der Waals surface area contributed by atoms with Crippen molar-refractivity contribution in [2.24, 2.45) is 0 Å². The number of nitrogens with zero attached hydrogens (tertiary/aromatic N) is 4. The van der Waals surface area contributed by atoms with E-state index in [4.69, 9.17) is 5.26 Å². The number of amides is 1. The van der Waals surface area contributed by atoms with Crippen LogP contribution in [0.2, 0.25) is 0 Å². The van der Waals surface area contributed by atoms with Crippen molar-refractivity contribution in [3.8, 4) is 34.3 Å². The Labute approximate surface area is 224 Å². The van der Waals surface area contributed by atoms with Gasteiger partial charge >= 0.3 is 6.18 Å². The predicted octanol–water partition coefficient (Wildman–Crippen LogP) is 5.81. The zero-order valence-electron chi connectivity index (χ0n) is 20.7. The number of nitriles is 1. The summed E-state index contributed by atoms with van der Waals surface area (Å²) in [6.45, 7) is 1.19. The Bertz CT molecular complexity index is 1440. The second-order valence-electron chi connectivity index (χ2n) is 8.63. The third-order valence-electron chi connectivity index (χ3n) is 5.79. The average molecular weight is 540 g/mol. The molecule has 0 spiro atoms. The Kier molecular flexibility index (Phi) is 8.94. The van der Waals surface area contributed by atoms with Gasteiger partial charge in [-0.2, -0.15) is 18.4 Å². The average Bonchev–Trinajstić information content (AvgIpc) is 3.33. The van der Waals surface area contributed by atoms with Crippen LogP contribution in [0.3, 0.4) is 0 Å². The van der Waals surface area contributed by atoms with Gasteiger partial charge in [-0.25, -0.2) is 4.98 Å². The summed E-state index contributed by atoms with van der Waals surface area (Å²) in [7, 11) is 3.82. The van der Waals surface area contributed by atoms with Gasteiger partial charge in [-0.05, 0) is 68.2 Å². The van der Waals surface area contributed by atoms with Crippen LogP contribution in [-0.2, 0) is 6.18 Å². The first-order chi connectivity index (χ1) is 17.7. The number of halogens is 4. The van der Waals surface area contributed by atoms with Crippen LogP contribution < -0.4 is 5.32 Å². The van der Waals surface area contributed by atoms with Gasteiger partial charge in [0.25, 0.3) is 5.91 Å². The molecule has 10 heteroatoms. The molecule has 0 unspecified atom stereocenters. The molecule has 2 aromatic carbocycles. The largest absolute Gasteiger partial charge is 0.418 e. The number of aromatic nitrogens is 2. The van der Waals surface area contributed by atoms with E-state index in [1.165, 1.54) is 29.0 Å². The molecule has 4 aromatic rings. The molecule has 0 aliphatic heterocycles. The Hall–Kier alpha value is -4.13. The third-order valence-corrected chi connectivity index (χ3v) is 5.79. The fourth-order valence-corrected chi connectivity index (χ4v) is 3.95. The van der Waals surface area contributed by atoms with Crippen molar-refractivity contribution in [1.29, 1.82) is 5.26 Å². The highest BCUT2D eigenvalue weighted by molar-refractivity contribution is 5.94. The van der Waals surface area contributed by atoms with E-state index >= 15 is 0 Å². The number of benzene rings is 2. The first kappa shape index (κ1) is 28.4. The zero-order valence-corrected chi connectivity index (χ0v) is 21.5. The highest BCUT2D eigenvalue weighted by atomic mass is 35.5. The van der Waals surface area contributed by atoms with E-state index in [-0.39, 0.29) is 29.7 Å². The lowest BCUT2D eigenvalue weighted by Crippen LogP contribution is -2.31. The number of hydrogen-bond acceptors (Lipinski definition) is 4. The second kappa shape index (κ2) is 11.9. The summed E-state index contributed by atoms with van der Waals surface area (Å²) in [5.41, 5.74) is 2.01. The summed E-state index contributed by atoms with van der Waals surface area (Å²) < 4.78 is 43.5. The van der Waals surface area contributed by atoms with Crippen molar-refractivity contribution < 1.29 is 18.0 Å². The van der Waals surface area contributed by atoms with Crippen LogP contribution in [0.4, 0.5) is 13.2 Å². The number of para-hydroxylation sites is 1. The number of carbonyl (C=O) groups excluding carboxylic acids is 1. The molecule has 2 aromatic heterocycles. The number of nitrogens with one attached hydrogen (secondary N) is 1. The molecule has 0 atom stereocenters. The maximum atomic E-state index is 14.0. The van der Waals surface area contributed by atoms with Crippen LogP contribution in [0.1, 0.15) is 21.6 Å². The molecule has 0 bridgehead atoms. The fourth-order valence-electron chi connectivity index (χ4n) is 3.95. The maximum absolute atomic E-state index is 14.0. The first-order valence-corrected chi connectivity index (χ1v) is 11.5. The standard InChI is InChI=1S/C28H24F3N5O.ClH/c1-35(2)16-15-33-27(37)20-9-7-19(8-10-20)24-13-14-25(21-11-12-22(17-32)34-18-21)36(24)26-6-4-3-5-23(26)28(29,30)31;/h3-14,18H,15-16H2,1-2H3,(H,33,37);1H. The minimum absolute atomic E-state index is 0. The number of pyridine rings is 1. The minimum Gasteiger partial charge on any atom is -0.351 e. The van der Waals surface area contributed by atoms with Crippen molar-refractivity contribution in [3.63, 3.8) is 0 Å². The van der Waals surface area contributed by atoms with Crippen LogP contribution in [-0.4, -0.2) is 47.5 Å². The van der Waals surface area contributed by atoms with Crippen molar-refractivity contribution in [3.05, 3.63) is 95.8 Å². The van der Waals surface area contributed by atoms with E-state index in [0.717, 1.165) is 6.07 Å². The van der Waals surface area contributed by atoms with Crippen LogP contribution in [0.15, 0.2) is 79.0 Å². The first-order valence-electron chi connectivity index (χ1n) is 11.5. The molecule has 1 N–H and O–H groups in total. The molecule has 6 nitrogen and oxygen atoms in total. The number of likely N-dealkylation sites (N-methyl/N-ethyl adjacent to an activating group) is 1. The van der Waals surface area contributed by atoms with Gasteiger partial charge in [0.15, 0.2) is 0 Å². The summed E-state index contributed by atoms with van der Waals surface area (Å²) >= 11 is 0. The molecule has 2 heterocycles. The fraction of sp³-hybridized carbons (Fsp3) is 0.179. The zero-order chi connectivity index (χ0) is 26.6. The quantitative estimate of drug-likeness (QED) is 0.322.